The lowest BCUT2D eigenvalue weighted by Crippen LogP contribution is -2.65. The average Bonchev–Trinajstić information content (AvgIpc) is 3.50. The summed E-state index contributed by atoms with van der Waals surface area (Å²) in [7, 11) is 0. The first-order valence-corrected chi connectivity index (χ1v) is 17.9. The van der Waals surface area contributed by atoms with E-state index >= 15 is 0 Å². The van der Waals surface area contributed by atoms with Crippen molar-refractivity contribution >= 4 is 5.78 Å². The topological polar surface area (TPSA) is 81.7 Å². The van der Waals surface area contributed by atoms with Gasteiger partial charge in [-0.1, -0.05) is 133 Å². The van der Waals surface area contributed by atoms with E-state index in [1.165, 1.54) is 0 Å². The molecule has 0 spiro atoms. The number of hydrogen-bond acceptors (Lipinski definition) is 8. The van der Waals surface area contributed by atoms with Crippen LogP contribution in [0.1, 0.15) is 28.7 Å². The molecule has 9 rings (SSSR count). The minimum Gasteiger partial charge on any atom is -0.374 e. The fourth-order valence-electron chi connectivity index (χ4n) is 7.77. The quantitative estimate of drug-likeness (QED) is 0.126. The van der Waals surface area contributed by atoms with Crippen molar-refractivity contribution in [3.05, 3.63) is 156 Å². The zero-order chi connectivity index (χ0) is 34.5. The summed E-state index contributed by atoms with van der Waals surface area (Å²) in [6.45, 7) is 1.96. The molecule has 2 saturated heterocycles. The highest BCUT2D eigenvalue weighted by molar-refractivity contribution is 5.92. The van der Waals surface area contributed by atoms with Crippen LogP contribution in [0.5, 0.6) is 0 Å². The number of allylic oxidation sites excluding steroid dienone is 1. The van der Waals surface area contributed by atoms with Crippen LogP contribution >= 0.6 is 0 Å². The predicted octanol–water partition coefficient (Wildman–Crippen LogP) is 6.82. The second-order valence-electron chi connectivity index (χ2n) is 13.8. The molecule has 3 fully saturated rings. The highest BCUT2D eigenvalue weighted by Gasteiger charge is 2.65. The Balaban J connectivity index is 1.14. The van der Waals surface area contributed by atoms with Crippen LogP contribution in [0.2, 0.25) is 0 Å². The molecular weight excluding hydrogens is 644 g/mol. The first kappa shape index (κ1) is 34.1. The molecule has 8 heteroatoms. The molecule has 4 aromatic rings. The first-order chi connectivity index (χ1) is 25.2. The second kappa shape index (κ2) is 15.7. The number of hydrogen-bond donors (Lipinski definition) is 0. The summed E-state index contributed by atoms with van der Waals surface area (Å²) < 4.78 is 46.8. The van der Waals surface area contributed by atoms with E-state index in [0.29, 0.717) is 26.4 Å². The van der Waals surface area contributed by atoms with Gasteiger partial charge >= 0.3 is 0 Å². The van der Waals surface area contributed by atoms with Gasteiger partial charge in [-0.15, -0.1) is 0 Å². The van der Waals surface area contributed by atoms with Gasteiger partial charge in [-0.25, -0.2) is 0 Å². The summed E-state index contributed by atoms with van der Waals surface area (Å²) in [4.78, 5) is 14.0. The second-order valence-corrected chi connectivity index (χ2v) is 13.8. The summed E-state index contributed by atoms with van der Waals surface area (Å²) in [5.74, 6) is -1.74. The van der Waals surface area contributed by atoms with Crippen molar-refractivity contribution in [3.63, 3.8) is 0 Å². The number of rotatable bonds is 15. The number of ether oxygens (including phenoxy) is 7. The lowest BCUT2D eigenvalue weighted by atomic mass is 9.67. The number of Topliss-reactive ketones (excluding diaryl/α,β-unsaturated/α-hetero) is 1. The zero-order valence-corrected chi connectivity index (χ0v) is 28.5. The molecule has 0 aromatic heterocycles. The number of benzene rings is 4. The molecule has 2 heterocycles. The maximum absolute atomic E-state index is 14.0. The summed E-state index contributed by atoms with van der Waals surface area (Å²) in [6.07, 6.45) is 1.16. The summed E-state index contributed by atoms with van der Waals surface area (Å²) in [6, 6.07) is 40.0. The minimum atomic E-state index is -1.45. The van der Waals surface area contributed by atoms with Gasteiger partial charge in [-0.3, -0.25) is 4.79 Å². The first-order valence-electron chi connectivity index (χ1n) is 17.9. The molecule has 0 amide bonds. The SMILES string of the molecule is O=C1[C@H]2C=C[C@@H]3[C@@H](CO[C@]13O[C@H]1O[C@H](COCc3ccccc3)[C@@H](OCc3ccccc3)[C@H](OCc3ccccc3)[C@@H]1OCc1ccccc1)C2. The van der Waals surface area contributed by atoms with Gasteiger partial charge < -0.3 is 33.2 Å². The van der Waals surface area contributed by atoms with Gasteiger partial charge in [0.15, 0.2) is 12.1 Å². The highest BCUT2D eigenvalue weighted by Crippen LogP contribution is 2.53. The molecule has 1 saturated carbocycles. The molecule has 9 atom stereocenters. The summed E-state index contributed by atoms with van der Waals surface area (Å²) >= 11 is 0. The normalized spacial score (nSPS) is 30.9. The Bertz CT molecular complexity index is 1740. The molecule has 0 N–H and O–H groups in total. The zero-order valence-electron chi connectivity index (χ0n) is 28.5. The van der Waals surface area contributed by atoms with Crippen molar-refractivity contribution in [2.45, 2.75) is 69.3 Å². The Hall–Kier alpha value is -3.99. The molecule has 4 bridgehead atoms. The van der Waals surface area contributed by atoms with E-state index in [-0.39, 0.29) is 36.8 Å². The van der Waals surface area contributed by atoms with E-state index in [1.807, 2.05) is 127 Å². The van der Waals surface area contributed by atoms with E-state index in [9.17, 15) is 4.79 Å². The molecule has 5 aliphatic rings. The van der Waals surface area contributed by atoms with Crippen LogP contribution < -0.4 is 0 Å². The van der Waals surface area contributed by atoms with Crippen LogP contribution in [-0.2, 0) is 64.4 Å². The van der Waals surface area contributed by atoms with Crippen molar-refractivity contribution in [3.8, 4) is 0 Å². The summed E-state index contributed by atoms with van der Waals surface area (Å²) in [5.41, 5.74) is 4.05. The maximum Gasteiger partial charge on any atom is 0.238 e. The standard InChI is InChI=1S/C43H44O8/c44-41-34-21-22-36-35(23-34)28-49-43(36,41)51-42-40(48-27-33-19-11-4-12-20-33)39(47-26-32-17-9-3-10-18-32)38(46-25-31-15-7-2-8-16-31)37(50-42)29-45-24-30-13-5-1-6-14-30/h1-22,34-40,42H,23-29H2/t34-,35+,36+,37+,38+,39-,40-,42+,43+/m0/s1. The molecule has 3 aliphatic carbocycles. The molecule has 264 valence electrons. The monoisotopic (exact) mass is 688 g/mol. The van der Waals surface area contributed by atoms with E-state index in [1.54, 1.807) is 0 Å². The molecule has 0 unspecified atom stereocenters. The Labute approximate surface area is 299 Å². The minimum absolute atomic E-state index is 0.0600. The van der Waals surface area contributed by atoms with E-state index < -0.39 is 36.5 Å². The summed E-state index contributed by atoms with van der Waals surface area (Å²) in [5, 5.41) is 0. The molecule has 2 aliphatic heterocycles. The van der Waals surface area contributed by atoms with Crippen LogP contribution in [0, 0.1) is 17.8 Å². The van der Waals surface area contributed by atoms with Crippen LogP contribution in [0.25, 0.3) is 0 Å². The van der Waals surface area contributed by atoms with Crippen molar-refractivity contribution < 1.29 is 38.0 Å². The third-order valence-electron chi connectivity index (χ3n) is 10.4. The number of carbonyl (C=O) groups excluding carboxylic acids is 1. The van der Waals surface area contributed by atoms with Gasteiger partial charge in [0.1, 0.15) is 24.4 Å². The third kappa shape index (κ3) is 7.50. The third-order valence-corrected chi connectivity index (χ3v) is 10.4. The van der Waals surface area contributed by atoms with Gasteiger partial charge in [0.2, 0.25) is 5.79 Å². The van der Waals surface area contributed by atoms with Crippen molar-refractivity contribution in [2.24, 2.45) is 17.8 Å². The maximum atomic E-state index is 14.0. The van der Waals surface area contributed by atoms with Crippen LogP contribution in [0.3, 0.4) is 0 Å². The van der Waals surface area contributed by atoms with Gasteiger partial charge in [-0.05, 0) is 34.6 Å². The Kier molecular flexibility index (Phi) is 10.5. The van der Waals surface area contributed by atoms with Crippen molar-refractivity contribution in [1.82, 2.24) is 0 Å². The Morgan fingerprint density at radius 3 is 1.69 bits per heavy atom. The van der Waals surface area contributed by atoms with E-state index in [4.69, 9.17) is 33.2 Å². The molecule has 8 nitrogen and oxygen atoms in total. The van der Waals surface area contributed by atoms with Gasteiger partial charge in [0, 0.05) is 11.8 Å². The van der Waals surface area contributed by atoms with Crippen molar-refractivity contribution in [2.75, 3.05) is 13.2 Å². The van der Waals surface area contributed by atoms with Gasteiger partial charge in [0.25, 0.3) is 0 Å². The fourth-order valence-corrected chi connectivity index (χ4v) is 7.77. The smallest absolute Gasteiger partial charge is 0.238 e. The molecule has 51 heavy (non-hydrogen) atoms. The lowest BCUT2D eigenvalue weighted by molar-refractivity contribution is -0.373. The van der Waals surface area contributed by atoms with E-state index in [0.717, 1.165) is 28.7 Å². The average molecular weight is 689 g/mol. The largest absolute Gasteiger partial charge is 0.374 e. The molecular formula is C43H44O8. The van der Waals surface area contributed by atoms with E-state index in [2.05, 4.69) is 6.08 Å². The van der Waals surface area contributed by atoms with Crippen LogP contribution in [-0.4, -0.2) is 55.5 Å². The fraction of sp³-hybridized carbons (Fsp3) is 0.372. The Morgan fingerprint density at radius 2 is 1.12 bits per heavy atom. The predicted molar refractivity (Wildman–Crippen MR) is 189 cm³/mol. The van der Waals surface area contributed by atoms with Crippen molar-refractivity contribution in [1.29, 1.82) is 0 Å². The van der Waals surface area contributed by atoms with Crippen LogP contribution in [0.4, 0.5) is 0 Å². The molecule has 4 aromatic carbocycles. The highest BCUT2D eigenvalue weighted by atomic mass is 16.8. The Morgan fingerprint density at radius 1 is 0.608 bits per heavy atom. The number of ketones is 1. The van der Waals surface area contributed by atoms with Gasteiger partial charge in [-0.2, -0.15) is 0 Å². The van der Waals surface area contributed by atoms with Gasteiger partial charge in [0.05, 0.1) is 39.6 Å². The molecule has 0 radical (unpaired) electrons. The lowest BCUT2D eigenvalue weighted by Gasteiger charge is -2.49. The number of carbonyl (C=O) groups is 1. The van der Waals surface area contributed by atoms with Crippen LogP contribution in [0.15, 0.2) is 133 Å².